The zero-order valence-corrected chi connectivity index (χ0v) is 20.0. The van der Waals surface area contributed by atoms with Crippen molar-refractivity contribution in [2.24, 2.45) is 16.7 Å². The van der Waals surface area contributed by atoms with E-state index in [1.807, 2.05) is 0 Å². The Kier molecular flexibility index (Phi) is 13.1. The van der Waals surface area contributed by atoms with Crippen molar-refractivity contribution in [2.75, 3.05) is 13.4 Å². The Morgan fingerprint density at radius 2 is 1.19 bits per heavy atom. The van der Waals surface area contributed by atoms with Crippen molar-refractivity contribution in [1.29, 1.82) is 0 Å². The van der Waals surface area contributed by atoms with Crippen LogP contribution in [0.1, 0.15) is 92.9 Å². The van der Waals surface area contributed by atoms with Crippen LogP contribution in [0.5, 0.6) is 0 Å². The number of hydrogen-bond acceptors (Lipinski definition) is 7. The zero-order valence-electron chi connectivity index (χ0n) is 20.0. The average molecular weight is 445 g/mol. The number of carboxylic acids is 1. The fourth-order valence-corrected chi connectivity index (χ4v) is 2.51. The summed E-state index contributed by atoms with van der Waals surface area (Å²) >= 11 is 0. The lowest BCUT2D eigenvalue weighted by molar-refractivity contribution is -0.177. The summed E-state index contributed by atoms with van der Waals surface area (Å²) < 4.78 is 15.4. The normalized spacial score (nSPS) is 12.7. The highest BCUT2D eigenvalue weighted by atomic mass is 16.7. The summed E-state index contributed by atoms with van der Waals surface area (Å²) in [5, 5.41) is 8.63. The predicted octanol–water partition coefficient (Wildman–Crippen LogP) is 4.49. The van der Waals surface area contributed by atoms with Gasteiger partial charge in [-0.25, -0.2) is 0 Å². The molecule has 0 amide bonds. The van der Waals surface area contributed by atoms with Gasteiger partial charge in [0.25, 0.3) is 0 Å². The summed E-state index contributed by atoms with van der Waals surface area (Å²) in [4.78, 5) is 46.8. The number of carboxylic acid groups (broad SMARTS) is 1. The summed E-state index contributed by atoms with van der Waals surface area (Å²) in [6.07, 6.45) is 5.69. The van der Waals surface area contributed by atoms with Crippen molar-refractivity contribution in [1.82, 2.24) is 0 Å². The van der Waals surface area contributed by atoms with Gasteiger partial charge in [0.1, 0.15) is 6.61 Å². The molecule has 1 unspecified atom stereocenters. The van der Waals surface area contributed by atoms with Crippen LogP contribution in [0.2, 0.25) is 0 Å². The Balaban J connectivity index is 4.50. The fraction of sp³-hybridized carbons (Fsp3) is 0.826. The number of esters is 3. The van der Waals surface area contributed by atoms with Gasteiger partial charge in [-0.3, -0.25) is 19.2 Å². The summed E-state index contributed by atoms with van der Waals surface area (Å²) in [6, 6.07) is 0. The van der Waals surface area contributed by atoms with Gasteiger partial charge >= 0.3 is 23.9 Å². The monoisotopic (exact) mass is 444 g/mol. The fourth-order valence-electron chi connectivity index (χ4n) is 2.51. The predicted molar refractivity (Wildman–Crippen MR) is 115 cm³/mol. The van der Waals surface area contributed by atoms with Gasteiger partial charge in [-0.15, -0.1) is 0 Å². The highest BCUT2D eigenvalue weighted by molar-refractivity contribution is 5.77. The molecular formula is C23H40O8. The molecule has 0 aliphatic heterocycles. The molecule has 0 fully saturated rings. The molecule has 0 aromatic rings. The SMILES string of the molecule is CC(C)(C)C(=O)OCOC(=O)C(CCCCCCCCC(=O)O)COC(=O)C(C)(C)C. The van der Waals surface area contributed by atoms with Crippen LogP contribution in [0.15, 0.2) is 0 Å². The van der Waals surface area contributed by atoms with Gasteiger partial charge in [0.05, 0.1) is 16.7 Å². The lowest BCUT2D eigenvalue weighted by atomic mass is 9.97. The number of unbranched alkanes of at least 4 members (excludes halogenated alkanes) is 5. The molecule has 0 aliphatic carbocycles. The molecule has 0 bridgehead atoms. The second-order valence-electron chi connectivity index (χ2n) is 9.86. The van der Waals surface area contributed by atoms with Crippen molar-refractivity contribution in [2.45, 2.75) is 92.9 Å². The molecule has 0 saturated heterocycles. The molecule has 0 radical (unpaired) electrons. The van der Waals surface area contributed by atoms with Crippen molar-refractivity contribution in [3.05, 3.63) is 0 Å². The molecule has 0 saturated carbocycles. The molecule has 31 heavy (non-hydrogen) atoms. The molecule has 0 aliphatic rings. The van der Waals surface area contributed by atoms with Gasteiger partial charge in [-0.05, 0) is 54.4 Å². The van der Waals surface area contributed by atoms with Crippen molar-refractivity contribution < 1.29 is 38.5 Å². The van der Waals surface area contributed by atoms with Crippen molar-refractivity contribution >= 4 is 23.9 Å². The molecule has 8 nitrogen and oxygen atoms in total. The van der Waals surface area contributed by atoms with Crippen molar-refractivity contribution in [3.63, 3.8) is 0 Å². The first-order chi connectivity index (χ1) is 14.2. The number of rotatable bonds is 14. The first-order valence-corrected chi connectivity index (χ1v) is 11.0. The minimum Gasteiger partial charge on any atom is -0.481 e. The third kappa shape index (κ3) is 14.5. The molecule has 0 spiro atoms. The lowest BCUT2D eigenvalue weighted by Gasteiger charge is -2.21. The largest absolute Gasteiger partial charge is 0.481 e. The second kappa shape index (κ2) is 14.0. The minimum atomic E-state index is -0.778. The number of hydrogen-bond donors (Lipinski definition) is 1. The van der Waals surface area contributed by atoms with E-state index in [2.05, 4.69) is 0 Å². The first-order valence-electron chi connectivity index (χ1n) is 11.0. The van der Waals surface area contributed by atoms with Gasteiger partial charge in [-0.2, -0.15) is 0 Å². The van der Waals surface area contributed by atoms with Crippen LogP contribution in [0.3, 0.4) is 0 Å². The highest BCUT2D eigenvalue weighted by Gasteiger charge is 2.28. The van der Waals surface area contributed by atoms with Gasteiger partial charge in [-0.1, -0.05) is 32.1 Å². The summed E-state index contributed by atoms with van der Waals surface area (Å²) in [7, 11) is 0. The second-order valence-corrected chi connectivity index (χ2v) is 9.86. The maximum Gasteiger partial charge on any atom is 0.315 e. The maximum atomic E-state index is 12.4. The molecule has 1 N–H and O–H groups in total. The van der Waals surface area contributed by atoms with Gasteiger partial charge < -0.3 is 19.3 Å². The van der Waals surface area contributed by atoms with E-state index in [1.54, 1.807) is 41.5 Å². The first kappa shape index (κ1) is 28.9. The zero-order chi connectivity index (χ0) is 24.1. The van der Waals surface area contributed by atoms with E-state index < -0.39 is 47.4 Å². The molecular weight excluding hydrogens is 404 g/mol. The van der Waals surface area contributed by atoms with Crippen molar-refractivity contribution in [3.8, 4) is 0 Å². The third-order valence-corrected chi connectivity index (χ3v) is 4.56. The highest BCUT2D eigenvalue weighted by Crippen LogP contribution is 2.20. The standard InChI is InChI=1S/C23H40O8/c1-22(2,3)20(27)29-15-17(13-11-9-7-8-10-12-14-18(24)25)19(26)30-16-31-21(28)23(4,5)6/h17H,7-16H2,1-6H3,(H,24,25). The minimum absolute atomic E-state index is 0.0826. The Morgan fingerprint density at radius 3 is 1.71 bits per heavy atom. The molecule has 0 aromatic carbocycles. The number of carbonyl (C=O) groups excluding carboxylic acids is 3. The van der Waals surface area contributed by atoms with Crippen LogP contribution in [0.25, 0.3) is 0 Å². The van der Waals surface area contributed by atoms with E-state index >= 15 is 0 Å². The average Bonchev–Trinajstić information content (AvgIpc) is 2.63. The Hall–Kier alpha value is -2.12. The molecule has 180 valence electrons. The van der Waals surface area contributed by atoms with E-state index in [-0.39, 0.29) is 13.0 Å². The van der Waals surface area contributed by atoms with E-state index in [0.29, 0.717) is 12.8 Å². The molecule has 1 atom stereocenters. The number of carbonyl (C=O) groups is 4. The van der Waals surface area contributed by atoms with Crippen LogP contribution >= 0.6 is 0 Å². The van der Waals surface area contributed by atoms with Crippen LogP contribution in [0, 0.1) is 16.7 Å². The Morgan fingerprint density at radius 1 is 0.710 bits per heavy atom. The van der Waals surface area contributed by atoms with E-state index in [4.69, 9.17) is 19.3 Å². The Labute approximate surface area is 186 Å². The topological polar surface area (TPSA) is 116 Å². The van der Waals surface area contributed by atoms with E-state index in [9.17, 15) is 19.2 Å². The van der Waals surface area contributed by atoms with Gasteiger partial charge in [0.15, 0.2) is 0 Å². The van der Waals surface area contributed by atoms with Crippen LogP contribution < -0.4 is 0 Å². The number of ether oxygens (including phenoxy) is 3. The summed E-state index contributed by atoms with van der Waals surface area (Å²) in [5.41, 5.74) is -1.37. The van der Waals surface area contributed by atoms with Gasteiger partial charge in [0.2, 0.25) is 6.79 Å². The molecule has 8 heteroatoms. The van der Waals surface area contributed by atoms with E-state index in [0.717, 1.165) is 32.1 Å². The summed E-state index contributed by atoms with van der Waals surface area (Å²) in [6.45, 7) is 9.76. The quantitative estimate of drug-likeness (QED) is 0.237. The summed E-state index contributed by atoms with van der Waals surface area (Å²) in [5.74, 6) is -2.85. The van der Waals surface area contributed by atoms with E-state index in [1.165, 1.54) is 0 Å². The van der Waals surface area contributed by atoms with Crippen LogP contribution in [0.4, 0.5) is 0 Å². The molecule has 0 heterocycles. The Bertz CT molecular complexity index is 583. The van der Waals surface area contributed by atoms with Crippen LogP contribution in [-0.4, -0.2) is 42.4 Å². The van der Waals surface area contributed by atoms with Crippen LogP contribution in [-0.2, 0) is 33.4 Å². The maximum absolute atomic E-state index is 12.4. The molecule has 0 rings (SSSR count). The van der Waals surface area contributed by atoms with Gasteiger partial charge in [0, 0.05) is 6.42 Å². The number of aliphatic carboxylic acids is 1. The molecule has 0 aromatic heterocycles. The lowest BCUT2D eigenvalue weighted by Crippen LogP contribution is -2.30. The third-order valence-electron chi connectivity index (χ3n) is 4.56. The smallest absolute Gasteiger partial charge is 0.315 e.